The molecule has 0 aliphatic carbocycles. The number of hydrogen-bond donors (Lipinski definition) is 0. The zero-order chi connectivity index (χ0) is 14.0. The first-order valence-electron chi connectivity index (χ1n) is 5.29. The maximum absolute atomic E-state index is 12.0. The van der Waals surface area contributed by atoms with Crippen LogP contribution in [0.15, 0.2) is 22.7 Å². The Balaban J connectivity index is 2.14. The van der Waals surface area contributed by atoms with Crippen molar-refractivity contribution in [1.82, 2.24) is 10.1 Å². The van der Waals surface area contributed by atoms with Crippen LogP contribution in [0.3, 0.4) is 0 Å². The molecule has 1 aromatic heterocycles. The van der Waals surface area contributed by atoms with Gasteiger partial charge < -0.3 is 4.52 Å². The minimum atomic E-state index is -3.40. The largest absolute Gasteiger partial charge is 0.338 e. The molecule has 0 bridgehead atoms. The van der Waals surface area contributed by atoms with E-state index in [9.17, 15) is 8.42 Å². The standard InChI is InChI=1S/C11H10Cl2N2O3S/c1-7-14-11(18-15-7)6-19(16,17)5-8-2-3-9(12)10(13)4-8/h2-4H,5-6H2,1H3. The number of sulfone groups is 1. The Labute approximate surface area is 120 Å². The summed E-state index contributed by atoms with van der Waals surface area (Å²) in [7, 11) is -3.40. The molecule has 2 aromatic rings. The molecule has 0 aliphatic heterocycles. The van der Waals surface area contributed by atoms with E-state index < -0.39 is 9.84 Å². The third-order valence-corrected chi connectivity index (χ3v) is 4.48. The van der Waals surface area contributed by atoms with E-state index in [-0.39, 0.29) is 17.4 Å². The van der Waals surface area contributed by atoms with Crippen molar-refractivity contribution in [1.29, 1.82) is 0 Å². The molecule has 0 aliphatic rings. The average Bonchev–Trinajstić information content (AvgIpc) is 2.68. The highest BCUT2D eigenvalue weighted by Crippen LogP contribution is 2.24. The summed E-state index contributed by atoms with van der Waals surface area (Å²) >= 11 is 11.6. The lowest BCUT2D eigenvalue weighted by molar-refractivity contribution is 0.384. The molecule has 0 unspecified atom stereocenters. The van der Waals surface area contributed by atoms with Crippen molar-refractivity contribution in [3.05, 3.63) is 45.5 Å². The Morgan fingerprint density at radius 3 is 2.53 bits per heavy atom. The molecule has 0 atom stereocenters. The van der Waals surface area contributed by atoms with Crippen LogP contribution >= 0.6 is 23.2 Å². The van der Waals surface area contributed by atoms with Gasteiger partial charge >= 0.3 is 0 Å². The number of halogens is 2. The molecule has 0 radical (unpaired) electrons. The van der Waals surface area contributed by atoms with Crippen molar-refractivity contribution in [2.45, 2.75) is 18.4 Å². The van der Waals surface area contributed by atoms with Crippen LogP contribution in [0.5, 0.6) is 0 Å². The second-order valence-electron chi connectivity index (χ2n) is 4.02. The van der Waals surface area contributed by atoms with Gasteiger partial charge in [0.1, 0.15) is 5.75 Å². The Morgan fingerprint density at radius 2 is 1.95 bits per heavy atom. The summed E-state index contributed by atoms with van der Waals surface area (Å²) in [6.07, 6.45) is 0. The van der Waals surface area contributed by atoms with Gasteiger partial charge in [-0.2, -0.15) is 4.98 Å². The van der Waals surface area contributed by atoms with Crippen molar-refractivity contribution >= 4 is 33.0 Å². The molecule has 5 nitrogen and oxygen atoms in total. The van der Waals surface area contributed by atoms with Gasteiger partial charge in [0, 0.05) is 0 Å². The summed E-state index contributed by atoms with van der Waals surface area (Å²) in [5, 5.41) is 4.25. The van der Waals surface area contributed by atoms with Gasteiger partial charge in [0.05, 0.1) is 15.8 Å². The summed E-state index contributed by atoms with van der Waals surface area (Å²) in [4.78, 5) is 3.87. The van der Waals surface area contributed by atoms with Crippen LogP contribution in [-0.4, -0.2) is 18.6 Å². The Bertz CT molecular complexity index is 698. The van der Waals surface area contributed by atoms with E-state index in [1.165, 1.54) is 6.07 Å². The molecule has 8 heteroatoms. The Kier molecular flexibility index (Phi) is 4.13. The number of aromatic nitrogens is 2. The van der Waals surface area contributed by atoms with Crippen LogP contribution in [-0.2, 0) is 21.3 Å². The van der Waals surface area contributed by atoms with Gasteiger partial charge in [0.15, 0.2) is 15.7 Å². The fraction of sp³-hybridized carbons (Fsp3) is 0.273. The predicted molar refractivity (Wildman–Crippen MR) is 71.8 cm³/mol. The SMILES string of the molecule is Cc1noc(CS(=O)(=O)Cc2ccc(Cl)c(Cl)c2)n1. The zero-order valence-electron chi connectivity index (χ0n) is 9.93. The zero-order valence-corrected chi connectivity index (χ0v) is 12.3. The fourth-order valence-electron chi connectivity index (χ4n) is 1.52. The van der Waals surface area contributed by atoms with E-state index >= 15 is 0 Å². The van der Waals surface area contributed by atoms with Crippen LogP contribution < -0.4 is 0 Å². The highest BCUT2D eigenvalue weighted by Gasteiger charge is 2.18. The second kappa shape index (κ2) is 5.48. The van der Waals surface area contributed by atoms with Crippen LogP contribution in [0.2, 0.25) is 10.0 Å². The molecular formula is C11H10Cl2N2O3S. The normalized spacial score (nSPS) is 11.7. The average molecular weight is 321 g/mol. The van der Waals surface area contributed by atoms with Crippen LogP contribution in [0.1, 0.15) is 17.3 Å². The molecule has 0 N–H and O–H groups in total. The number of rotatable bonds is 4. The summed E-state index contributed by atoms with van der Waals surface area (Å²) < 4.78 is 28.7. The third kappa shape index (κ3) is 3.92. The lowest BCUT2D eigenvalue weighted by Crippen LogP contribution is -2.08. The van der Waals surface area contributed by atoms with Gasteiger partial charge in [0.25, 0.3) is 0 Å². The molecule has 102 valence electrons. The van der Waals surface area contributed by atoms with Gasteiger partial charge in [0.2, 0.25) is 5.89 Å². The van der Waals surface area contributed by atoms with Gasteiger partial charge in [-0.15, -0.1) is 0 Å². The molecule has 1 heterocycles. The summed E-state index contributed by atoms with van der Waals surface area (Å²) in [6, 6.07) is 4.71. The maximum Gasteiger partial charge on any atom is 0.241 e. The summed E-state index contributed by atoms with van der Waals surface area (Å²) in [5.74, 6) is 0.0247. The second-order valence-corrected chi connectivity index (χ2v) is 6.89. The van der Waals surface area contributed by atoms with E-state index in [4.69, 9.17) is 27.7 Å². The van der Waals surface area contributed by atoms with E-state index in [2.05, 4.69) is 10.1 Å². The lowest BCUT2D eigenvalue weighted by atomic mass is 10.2. The number of benzene rings is 1. The van der Waals surface area contributed by atoms with Gasteiger partial charge in [-0.3, -0.25) is 0 Å². The first-order chi connectivity index (χ1) is 8.85. The smallest absolute Gasteiger partial charge is 0.241 e. The van der Waals surface area contributed by atoms with E-state index in [0.717, 1.165) is 0 Å². The maximum atomic E-state index is 12.0. The van der Waals surface area contributed by atoms with E-state index in [1.54, 1.807) is 19.1 Å². The lowest BCUT2D eigenvalue weighted by Gasteiger charge is -2.03. The van der Waals surface area contributed by atoms with Crippen LogP contribution in [0.25, 0.3) is 0 Å². The monoisotopic (exact) mass is 320 g/mol. The fourth-order valence-corrected chi connectivity index (χ4v) is 3.12. The van der Waals surface area contributed by atoms with Gasteiger partial charge in [-0.05, 0) is 24.6 Å². The predicted octanol–water partition coefficient (Wildman–Crippen LogP) is 2.80. The molecule has 0 spiro atoms. The molecule has 0 saturated heterocycles. The molecule has 2 rings (SSSR count). The Hall–Kier alpha value is -1.11. The summed E-state index contributed by atoms with van der Waals surface area (Å²) in [5.41, 5.74) is 0.561. The van der Waals surface area contributed by atoms with E-state index in [1.807, 2.05) is 0 Å². The number of aryl methyl sites for hydroxylation is 1. The van der Waals surface area contributed by atoms with Crippen molar-refractivity contribution in [3.8, 4) is 0 Å². The van der Waals surface area contributed by atoms with Crippen LogP contribution in [0.4, 0.5) is 0 Å². The van der Waals surface area contributed by atoms with E-state index in [0.29, 0.717) is 21.4 Å². The van der Waals surface area contributed by atoms with Crippen LogP contribution in [0, 0.1) is 6.92 Å². The molecule has 0 fully saturated rings. The molecule has 1 aromatic carbocycles. The van der Waals surface area contributed by atoms with Gasteiger partial charge in [-0.25, -0.2) is 8.42 Å². The molecule has 19 heavy (non-hydrogen) atoms. The number of nitrogens with zero attached hydrogens (tertiary/aromatic N) is 2. The first-order valence-corrected chi connectivity index (χ1v) is 7.87. The molecule has 0 amide bonds. The minimum absolute atomic E-state index is 0.0811. The molecular weight excluding hydrogens is 311 g/mol. The van der Waals surface area contributed by atoms with Gasteiger partial charge in [-0.1, -0.05) is 34.4 Å². The first kappa shape index (κ1) is 14.3. The minimum Gasteiger partial charge on any atom is -0.338 e. The third-order valence-electron chi connectivity index (χ3n) is 2.28. The molecule has 0 saturated carbocycles. The topological polar surface area (TPSA) is 73.1 Å². The quantitative estimate of drug-likeness (QED) is 0.866. The van der Waals surface area contributed by atoms with Crippen molar-refractivity contribution < 1.29 is 12.9 Å². The number of hydrogen-bond acceptors (Lipinski definition) is 5. The van der Waals surface area contributed by atoms with Crippen molar-refractivity contribution in [2.75, 3.05) is 0 Å². The van der Waals surface area contributed by atoms with Crippen molar-refractivity contribution in [3.63, 3.8) is 0 Å². The highest BCUT2D eigenvalue weighted by atomic mass is 35.5. The summed E-state index contributed by atoms with van der Waals surface area (Å²) in [6.45, 7) is 1.62. The highest BCUT2D eigenvalue weighted by molar-refractivity contribution is 7.89. The van der Waals surface area contributed by atoms with Crippen molar-refractivity contribution in [2.24, 2.45) is 0 Å². The Morgan fingerprint density at radius 1 is 1.21 bits per heavy atom.